The van der Waals surface area contributed by atoms with Gasteiger partial charge in [-0.3, -0.25) is 19.8 Å². The van der Waals surface area contributed by atoms with Crippen LogP contribution in [0, 0.1) is 10.8 Å². The van der Waals surface area contributed by atoms with Gasteiger partial charge in [0, 0.05) is 69.7 Å². The van der Waals surface area contributed by atoms with Gasteiger partial charge in [0.25, 0.3) is 11.8 Å². The first-order chi connectivity index (χ1) is 20.5. The van der Waals surface area contributed by atoms with E-state index >= 15 is 0 Å². The minimum absolute atomic E-state index is 0.0832. The van der Waals surface area contributed by atoms with Crippen LogP contribution in [0.4, 0.5) is 9.80 Å². The molecule has 4 rings (SSSR count). The minimum Gasteiger partial charge on any atom is -0.331 e. The average Bonchev–Trinajstić information content (AvgIpc) is 3.34. The fraction of sp³-hybridized carbons (Fsp3) is 0.276. The Morgan fingerprint density at radius 1 is 0.977 bits per heavy atom. The second kappa shape index (κ2) is 13.8. The van der Waals surface area contributed by atoms with Crippen LogP contribution < -0.4 is 10.6 Å². The molecule has 0 aliphatic carbocycles. The van der Waals surface area contributed by atoms with Gasteiger partial charge in [-0.25, -0.2) is 13.2 Å². The van der Waals surface area contributed by atoms with Crippen LogP contribution in [0.3, 0.4) is 0 Å². The Balaban J connectivity index is 1.59. The van der Waals surface area contributed by atoms with Crippen LogP contribution in [0.5, 0.6) is 0 Å². The van der Waals surface area contributed by atoms with E-state index in [1.165, 1.54) is 54.6 Å². The van der Waals surface area contributed by atoms with Crippen LogP contribution in [-0.2, 0) is 29.5 Å². The van der Waals surface area contributed by atoms with Crippen molar-refractivity contribution in [2.75, 3.05) is 39.0 Å². The van der Waals surface area contributed by atoms with Crippen molar-refractivity contribution in [3.8, 4) is 0 Å². The van der Waals surface area contributed by atoms with Gasteiger partial charge in [0.2, 0.25) is 10.0 Å². The van der Waals surface area contributed by atoms with Crippen molar-refractivity contribution in [3.63, 3.8) is 0 Å². The Hall–Kier alpha value is -4.24. The van der Waals surface area contributed by atoms with Crippen LogP contribution in [0.1, 0.15) is 36.7 Å². The number of carbonyl (C=O) groups is 3. The van der Waals surface area contributed by atoms with Gasteiger partial charge < -0.3 is 21.0 Å². The maximum Gasteiger partial charge on any atom is 0.323 e. The highest BCUT2D eigenvalue weighted by molar-refractivity contribution is 7.89. The number of urea groups is 1. The van der Waals surface area contributed by atoms with E-state index in [0.29, 0.717) is 24.5 Å². The molecule has 0 saturated heterocycles. The maximum absolute atomic E-state index is 13.3. The molecule has 1 aliphatic rings. The molecular formula is C29H33N7O5S2. The number of carbonyl (C=O) groups excluding carboxylic acids is 3. The normalized spacial score (nSPS) is 13.2. The minimum atomic E-state index is -3.99. The second-order valence-electron chi connectivity index (χ2n) is 10.0. The molecular weight excluding hydrogens is 590 g/mol. The first-order valence-electron chi connectivity index (χ1n) is 13.4. The molecule has 2 aromatic carbocycles. The van der Waals surface area contributed by atoms with Gasteiger partial charge in [-0.1, -0.05) is 30.3 Å². The highest BCUT2D eigenvalue weighted by Crippen LogP contribution is 2.38. The van der Waals surface area contributed by atoms with Gasteiger partial charge in [0.15, 0.2) is 0 Å². The fourth-order valence-corrected chi connectivity index (χ4v) is 7.21. The van der Waals surface area contributed by atoms with E-state index in [0.717, 1.165) is 39.3 Å². The molecule has 0 saturated carbocycles. The summed E-state index contributed by atoms with van der Waals surface area (Å²) in [6.45, 7) is 1.62. The van der Waals surface area contributed by atoms with E-state index in [1.54, 1.807) is 0 Å². The molecule has 1 aromatic heterocycles. The summed E-state index contributed by atoms with van der Waals surface area (Å²) in [5.41, 5.74) is 2.36. The molecule has 4 amide bonds. The van der Waals surface area contributed by atoms with Crippen molar-refractivity contribution in [3.05, 3.63) is 81.7 Å². The summed E-state index contributed by atoms with van der Waals surface area (Å²) >= 11 is 1.28. The predicted octanol–water partition coefficient (Wildman–Crippen LogP) is 3.26. The molecule has 14 heteroatoms. The number of benzene rings is 2. The maximum atomic E-state index is 13.3. The molecule has 0 bridgehead atoms. The molecule has 12 nitrogen and oxygen atoms in total. The molecule has 3 aromatic rings. The highest BCUT2D eigenvalue weighted by atomic mass is 32.2. The zero-order valence-electron chi connectivity index (χ0n) is 23.8. The number of sulfonamides is 1. The zero-order chi connectivity index (χ0) is 31.1. The molecule has 43 heavy (non-hydrogen) atoms. The third-order valence-corrected chi connectivity index (χ3v) is 9.79. The van der Waals surface area contributed by atoms with Crippen LogP contribution in [0.25, 0.3) is 0 Å². The lowest BCUT2D eigenvalue weighted by molar-refractivity contribution is 0.0956. The standard InChI is InChI=1S/C29H33N7O5S2/c1-34(2)29(39)33-27(38)25-23-12-15-35(18-20-6-4-3-5-7-20)19-24(23)42-28(25)32-26(37)21-8-10-22(11-9-21)43(40,41)36(16-13-30)17-14-31/h3-11,13-14,30-31H,12,15-19H2,1-2H3,(H,32,37)(H,33,38,39). The Bertz CT molecular complexity index is 1610. The Labute approximate surface area is 254 Å². The molecule has 4 N–H and O–H groups in total. The fourth-order valence-electron chi connectivity index (χ4n) is 4.61. The van der Waals surface area contributed by atoms with E-state index in [2.05, 4.69) is 27.7 Å². The van der Waals surface area contributed by atoms with Crippen molar-refractivity contribution in [1.29, 1.82) is 10.8 Å². The van der Waals surface area contributed by atoms with Crippen LogP contribution in [0.15, 0.2) is 59.5 Å². The van der Waals surface area contributed by atoms with E-state index in [-0.39, 0.29) is 29.1 Å². The molecule has 0 atom stereocenters. The molecule has 2 heterocycles. The van der Waals surface area contributed by atoms with Crippen LogP contribution in [-0.4, -0.2) is 86.5 Å². The van der Waals surface area contributed by atoms with E-state index in [1.807, 2.05) is 18.2 Å². The van der Waals surface area contributed by atoms with E-state index < -0.39 is 27.9 Å². The number of fused-ring (bicyclic) bond motifs is 1. The van der Waals surface area contributed by atoms with Crippen LogP contribution >= 0.6 is 11.3 Å². The number of thiophene rings is 1. The van der Waals surface area contributed by atoms with Crippen LogP contribution in [0.2, 0.25) is 0 Å². The van der Waals surface area contributed by atoms with Gasteiger partial charge in [0.1, 0.15) is 5.00 Å². The number of rotatable bonds is 11. The van der Waals surface area contributed by atoms with Gasteiger partial charge in [-0.2, -0.15) is 4.31 Å². The second-order valence-corrected chi connectivity index (χ2v) is 13.1. The number of imide groups is 1. The largest absolute Gasteiger partial charge is 0.331 e. The summed E-state index contributed by atoms with van der Waals surface area (Å²) in [4.78, 5) is 43.2. The third-order valence-electron chi connectivity index (χ3n) is 6.81. The number of nitrogens with zero attached hydrogens (tertiary/aromatic N) is 3. The Morgan fingerprint density at radius 3 is 2.23 bits per heavy atom. The molecule has 0 radical (unpaired) electrons. The topological polar surface area (TPSA) is 167 Å². The number of hydrogen-bond acceptors (Lipinski definition) is 9. The summed E-state index contributed by atoms with van der Waals surface area (Å²) < 4.78 is 26.8. The molecule has 0 spiro atoms. The molecule has 0 unspecified atom stereocenters. The SMILES string of the molecule is CN(C)C(=O)NC(=O)c1c(NC(=O)c2ccc(S(=O)(=O)N(CC=N)CC=N)cc2)sc2c1CCN(Cc1ccccc1)C2. The van der Waals surface area contributed by atoms with E-state index in [4.69, 9.17) is 10.8 Å². The first-order valence-corrected chi connectivity index (χ1v) is 15.6. The average molecular weight is 624 g/mol. The van der Waals surface area contributed by atoms with Gasteiger partial charge >= 0.3 is 6.03 Å². The summed E-state index contributed by atoms with van der Waals surface area (Å²) in [7, 11) is -0.939. The summed E-state index contributed by atoms with van der Waals surface area (Å²) in [6.07, 6.45) is 2.43. The lowest BCUT2D eigenvalue weighted by atomic mass is 10.0. The first kappa shape index (κ1) is 31.7. The number of amides is 4. The third kappa shape index (κ3) is 7.40. The van der Waals surface area contributed by atoms with Crippen molar-refractivity contribution in [2.45, 2.75) is 24.4 Å². The highest BCUT2D eigenvalue weighted by Gasteiger charge is 2.30. The molecule has 1 aliphatic heterocycles. The Morgan fingerprint density at radius 2 is 1.63 bits per heavy atom. The molecule has 0 fully saturated rings. The summed E-state index contributed by atoms with van der Waals surface area (Å²) in [5.74, 6) is -1.16. The summed E-state index contributed by atoms with van der Waals surface area (Å²) in [6, 6.07) is 14.7. The number of hydrogen-bond donors (Lipinski definition) is 4. The quantitative estimate of drug-likeness (QED) is 0.239. The van der Waals surface area contributed by atoms with E-state index in [9.17, 15) is 22.8 Å². The smallest absolute Gasteiger partial charge is 0.323 e. The van der Waals surface area contributed by atoms with Gasteiger partial charge in [-0.05, 0) is 41.8 Å². The van der Waals surface area contributed by atoms with Crippen molar-refractivity contribution < 1.29 is 22.8 Å². The Kier molecular flexibility index (Phi) is 10.2. The van der Waals surface area contributed by atoms with Gasteiger partial charge in [-0.15, -0.1) is 11.3 Å². The molecule has 226 valence electrons. The lowest BCUT2D eigenvalue weighted by Crippen LogP contribution is -2.39. The predicted molar refractivity (Wildman–Crippen MR) is 166 cm³/mol. The lowest BCUT2D eigenvalue weighted by Gasteiger charge is -2.27. The monoisotopic (exact) mass is 623 g/mol. The number of nitrogens with one attached hydrogen (secondary N) is 4. The number of anilines is 1. The van der Waals surface area contributed by atoms with Gasteiger partial charge in [0.05, 0.1) is 10.5 Å². The van der Waals surface area contributed by atoms with Crippen molar-refractivity contribution >= 4 is 56.6 Å². The zero-order valence-corrected chi connectivity index (χ0v) is 25.4. The summed E-state index contributed by atoms with van der Waals surface area (Å²) in [5, 5.41) is 20.0. The van der Waals surface area contributed by atoms with Crippen molar-refractivity contribution in [1.82, 2.24) is 19.4 Å². The van der Waals surface area contributed by atoms with Crippen molar-refractivity contribution in [2.24, 2.45) is 0 Å².